The predicted octanol–water partition coefficient (Wildman–Crippen LogP) is 2.54. The highest BCUT2D eigenvalue weighted by Crippen LogP contribution is 2.27. The first-order valence-corrected chi connectivity index (χ1v) is 7.08. The van der Waals surface area contributed by atoms with Gasteiger partial charge in [0.25, 0.3) is 0 Å². The van der Waals surface area contributed by atoms with Crippen molar-refractivity contribution in [2.75, 3.05) is 5.73 Å². The lowest BCUT2D eigenvalue weighted by molar-refractivity contribution is 0.572. The molecule has 1 rings (SSSR count). The first-order chi connectivity index (χ1) is 7.45. The van der Waals surface area contributed by atoms with Gasteiger partial charge in [0.05, 0.1) is 15.8 Å². The molecule has 1 aromatic carbocycles. The monoisotopic (exact) mass is 241 g/mol. The molecule has 16 heavy (non-hydrogen) atoms. The summed E-state index contributed by atoms with van der Waals surface area (Å²) in [6.45, 7) is 5.59. The number of nitrogens with two attached hydrogens (primary N) is 1. The van der Waals surface area contributed by atoms with Crippen LogP contribution in [0.5, 0.6) is 0 Å². The number of hydrogen-bond acceptors (Lipinski definition) is 3. The minimum Gasteiger partial charge on any atom is -0.397 e. The molecule has 0 unspecified atom stereocenters. The smallest absolute Gasteiger partial charge is 0.183 e. The van der Waals surface area contributed by atoms with Gasteiger partial charge in [-0.3, -0.25) is 0 Å². The largest absolute Gasteiger partial charge is 0.397 e. The van der Waals surface area contributed by atoms with Gasteiger partial charge in [-0.05, 0) is 31.4 Å². The molecule has 0 heterocycles. The van der Waals surface area contributed by atoms with E-state index in [1.165, 1.54) is 0 Å². The highest BCUT2D eigenvalue weighted by molar-refractivity contribution is 7.92. The summed E-state index contributed by atoms with van der Waals surface area (Å²) < 4.78 is 24.6. The van der Waals surface area contributed by atoms with E-state index in [4.69, 9.17) is 5.73 Å². The van der Waals surface area contributed by atoms with E-state index < -0.39 is 9.84 Å². The molecule has 0 saturated heterocycles. The van der Waals surface area contributed by atoms with E-state index in [0.717, 1.165) is 5.56 Å². The SMILES string of the molecule is CCC(CC)S(=O)(=O)c1cccc(C)c1N. The summed E-state index contributed by atoms with van der Waals surface area (Å²) in [6, 6.07) is 5.15. The van der Waals surface area contributed by atoms with Crippen LogP contribution >= 0.6 is 0 Å². The van der Waals surface area contributed by atoms with Crippen molar-refractivity contribution in [1.29, 1.82) is 0 Å². The third-order valence-electron chi connectivity index (χ3n) is 2.94. The number of hydrogen-bond donors (Lipinski definition) is 1. The molecular weight excluding hydrogens is 222 g/mol. The lowest BCUT2D eigenvalue weighted by Gasteiger charge is -2.16. The maximum atomic E-state index is 12.3. The van der Waals surface area contributed by atoms with Crippen LogP contribution in [0.15, 0.2) is 23.1 Å². The zero-order valence-electron chi connectivity index (χ0n) is 10.0. The molecule has 0 aromatic heterocycles. The van der Waals surface area contributed by atoms with Gasteiger partial charge in [-0.2, -0.15) is 0 Å². The topological polar surface area (TPSA) is 60.2 Å². The second kappa shape index (κ2) is 4.87. The molecule has 4 heteroatoms. The Morgan fingerprint density at radius 2 is 1.81 bits per heavy atom. The molecule has 3 nitrogen and oxygen atoms in total. The Labute approximate surface area is 97.6 Å². The Hall–Kier alpha value is -1.03. The molecule has 0 aliphatic heterocycles. The average molecular weight is 241 g/mol. The third-order valence-corrected chi connectivity index (χ3v) is 5.45. The number of rotatable bonds is 4. The molecule has 2 N–H and O–H groups in total. The highest BCUT2D eigenvalue weighted by Gasteiger charge is 2.26. The number of nitrogen functional groups attached to an aromatic ring is 1. The van der Waals surface area contributed by atoms with Gasteiger partial charge < -0.3 is 5.73 Å². The molecule has 90 valence electrons. The van der Waals surface area contributed by atoms with Crippen molar-refractivity contribution >= 4 is 15.5 Å². The van der Waals surface area contributed by atoms with Gasteiger partial charge >= 0.3 is 0 Å². The van der Waals surface area contributed by atoms with E-state index in [-0.39, 0.29) is 10.1 Å². The van der Waals surface area contributed by atoms with Crippen LogP contribution < -0.4 is 5.73 Å². The highest BCUT2D eigenvalue weighted by atomic mass is 32.2. The Kier molecular flexibility index (Phi) is 3.97. The van der Waals surface area contributed by atoms with Crippen LogP contribution in [0.4, 0.5) is 5.69 Å². The molecule has 0 saturated carbocycles. The van der Waals surface area contributed by atoms with E-state index >= 15 is 0 Å². The number of anilines is 1. The van der Waals surface area contributed by atoms with Gasteiger partial charge in [-0.1, -0.05) is 26.0 Å². The van der Waals surface area contributed by atoms with E-state index in [1.54, 1.807) is 12.1 Å². The minimum absolute atomic E-state index is 0.279. The number of sulfone groups is 1. The minimum atomic E-state index is -3.28. The first kappa shape index (κ1) is 13.0. The van der Waals surface area contributed by atoms with Crippen LogP contribution in [-0.2, 0) is 9.84 Å². The van der Waals surface area contributed by atoms with Crippen LogP contribution in [0.2, 0.25) is 0 Å². The van der Waals surface area contributed by atoms with Crippen LogP contribution in [-0.4, -0.2) is 13.7 Å². The predicted molar refractivity (Wildman–Crippen MR) is 67.1 cm³/mol. The maximum Gasteiger partial charge on any atom is 0.183 e. The zero-order chi connectivity index (χ0) is 12.3. The molecule has 0 radical (unpaired) electrons. The summed E-state index contributed by atoms with van der Waals surface area (Å²) in [7, 11) is -3.28. The van der Waals surface area contributed by atoms with E-state index in [0.29, 0.717) is 18.5 Å². The summed E-state index contributed by atoms with van der Waals surface area (Å²) in [6.07, 6.45) is 1.23. The lowest BCUT2D eigenvalue weighted by atomic mass is 10.2. The van der Waals surface area contributed by atoms with E-state index in [2.05, 4.69) is 0 Å². The van der Waals surface area contributed by atoms with Crippen LogP contribution in [0.3, 0.4) is 0 Å². The van der Waals surface area contributed by atoms with Crippen molar-refractivity contribution in [3.05, 3.63) is 23.8 Å². The Bertz CT molecular complexity index is 462. The fourth-order valence-electron chi connectivity index (χ4n) is 1.81. The normalized spacial score (nSPS) is 12.0. The van der Waals surface area contributed by atoms with Gasteiger partial charge in [0, 0.05) is 0 Å². The van der Waals surface area contributed by atoms with Gasteiger partial charge in [0.15, 0.2) is 9.84 Å². The van der Waals surface area contributed by atoms with Gasteiger partial charge in [-0.15, -0.1) is 0 Å². The Morgan fingerprint density at radius 1 is 1.25 bits per heavy atom. The summed E-state index contributed by atoms with van der Waals surface area (Å²) in [5.74, 6) is 0. The summed E-state index contributed by atoms with van der Waals surface area (Å²) in [5, 5.41) is -0.336. The quantitative estimate of drug-likeness (QED) is 0.824. The van der Waals surface area contributed by atoms with Gasteiger partial charge in [-0.25, -0.2) is 8.42 Å². The fourth-order valence-corrected chi connectivity index (χ4v) is 3.78. The molecule has 0 fully saturated rings. The molecule has 0 atom stereocenters. The molecule has 0 aliphatic rings. The van der Waals surface area contributed by atoms with Crippen molar-refractivity contribution in [1.82, 2.24) is 0 Å². The lowest BCUT2D eigenvalue weighted by Crippen LogP contribution is -2.21. The number of aryl methyl sites for hydroxylation is 1. The maximum absolute atomic E-state index is 12.3. The second-order valence-electron chi connectivity index (χ2n) is 3.97. The standard InChI is InChI=1S/C12H19NO2S/c1-4-10(5-2)16(14,15)11-8-6-7-9(3)12(11)13/h6-8,10H,4-5,13H2,1-3H3. The molecule has 1 aromatic rings. The van der Waals surface area contributed by atoms with Crippen LogP contribution in [0.25, 0.3) is 0 Å². The van der Waals surface area contributed by atoms with Crippen LogP contribution in [0, 0.1) is 6.92 Å². The van der Waals surface area contributed by atoms with Gasteiger partial charge in [0.1, 0.15) is 0 Å². The van der Waals surface area contributed by atoms with Crippen molar-refractivity contribution < 1.29 is 8.42 Å². The third kappa shape index (κ3) is 2.21. The van der Waals surface area contributed by atoms with E-state index in [1.807, 2.05) is 26.8 Å². The first-order valence-electron chi connectivity index (χ1n) is 5.54. The number of para-hydroxylation sites is 1. The Balaban J connectivity index is 3.33. The second-order valence-corrected chi connectivity index (χ2v) is 6.17. The number of benzene rings is 1. The average Bonchev–Trinajstić information content (AvgIpc) is 2.23. The van der Waals surface area contributed by atoms with Crippen molar-refractivity contribution in [2.24, 2.45) is 0 Å². The summed E-state index contributed by atoms with van der Waals surface area (Å²) in [5.41, 5.74) is 7.03. The van der Waals surface area contributed by atoms with Crippen LogP contribution in [0.1, 0.15) is 32.3 Å². The van der Waals surface area contributed by atoms with Crippen molar-refractivity contribution in [3.8, 4) is 0 Å². The van der Waals surface area contributed by atoms with Crippen molar-refractivity contribution in [3.63, 3.8) is 0 Å². The molecule has 0 bridgehead atoms. The summed E-state index contributed by atoms with van der Waals surface area (Å²) in [4.78, 5) is 0.279. The Morgan fingerprint density at radius 3 is 2.31 bits per heavy atom. The molecule has 0 aliphatic carbocycles. The molecular formula is C12H19NO2S. The molecule has 0 spiro atoms. The van der Waals surface area contributed by atoms with Crippen molar-refractivity contribution in [2.45, 2.75) is 43.8 Å². The summed E-state index contributed by atoms with van der Waals surface area (Å²) >= 11 is 0. The van der Waals surface area contributed by atoms with E-state index in [9.17, 15) is 8.42 Å². The van der Waals surface area contributed by atoms with Gasteiger partial charge in [0.2, 0.25) is 0 Å². The molecule has 0 amide bonds. The zero-order valence-corrected chi connectivity index (χ0v) is 10.8. The fraction of sp³-hybridized carbons (Fsp3) is 0.500.